The Labute approximate surface area is 178 Å². The fourth-order valence-corrected chi connectivity index (χ4v) is 3.81. The highest BCUT2D eigenvalue weighted by Crippen LogP contribution is 2.35. The molecule has 146 valence electrons. The molecule has 0 aliphatic carbocycles. The highest BCUT2D eigenvalue weighted by atomic mass is 79.9. The van der Waals surface area contributed by atoms with Gasteiger partial charge in [-0.3, -0.25) is 4.79 Å². The summed E-state index contributed by atoms with van der Waals surface area (Å²) in [5.74, 6) is 0.517. The van der Waals surface area contributed by atoms with Crippen LogP contribution in [-0.2, 0) is 4.79 Å². The molecule has 3 N–H and O–H groups in total. The Hall–Kier alpha value is -2.38. The van der Waals surface area contributed by atoms with Crippen molar-refractivity contribution in [1.29, 1.82) is 0 Å². The molecular formula is C21H22BrN3O2S. The molecule has 0 radical (unpaired) electrons. The molecule has 0 unspecified atom stereocenters. The van der Waals surface area contributed by atoms with Gasteiger partial charge in [0, 0.05) is 21.4 Å². The summed E-state index contributed by atoms with van der Waals surface area (Å²) in [5.41, 5.74) is 3.89. The van der Waals surface area contributed by atoms with Gasteiger partial charge in [0.2, 0.25) is 0 Å². The van der Waals surface area contributed by atoms with E-state index in [1.165, 1.54) is 0 Å². The van der Waals surface area contributed by atoms with Crippen LogP contribution in [0, 0.1) is 6.92 Å². The van der Waals surface area contributed by atoms with E-state index in [1.54, 1.807) is 0 Å². The number of hydrogen-bond acceptors (Lipinski definition) is 3. The summed E-state index contributed by atoms with van der Waals surface area (Å²) in [6.07, 6.45) is 0. The molecule has 0 bridgehead atoms. The summed E-state index contributed by atoms with van der Waals surface area (Å²) in [6, 6.07) is 13.0. The van der Waals surface area contributed by atoms with Gasteiger partial charge in [0.1, 0.15) is 5.75 Å². The van der Waals surface area contributed by atoms with E-state index in [-0.39, 0.29) is 5.91 Å². The molecule has 0 saturated carbocycles. The van der Waals surface area contributed by atoms with E-state index in [1.807, 2.05) is 63.2 Å². The van der Waals surface area contributed by atoms with Crippen molar-refractivity contribution in [2.45, 2.75) is 26.8 Å². The van der Waals surface area contributed by atoms with Crippen molar-refractivity contribution in [2.75, 3.05) is 11.9 Å². The lowest BCUT2D eigenvalue weighted by atomic mass is 9.94. The summed E-state index contributed by atoms with van der Waals surface area (Å²) in [5, 5.41) is 9.77. The lowest BCUT2D eigenvalue weighted by Gasteiger charge is -2.31. The number of nitrogens with one attached hydrogen (secondary N) is 3. The van der Waals surface area contributed by atoms with Crippen LogP contribution in [0.3, 0.4) is 0 Å². The van der Waals surface area contributed by atoms with Crippen molar-refractivity contribution in [3.05, 3.63) is 69.3 Å². The van der Waals surface area contributed by atoms with Crippen LogP contribution < -0.4 is 20.7 Å². The molecule has 7 heteroatoms. The van der Waals surface area contributed by atoms with E-state index in [4.69, 9.17) is 17.0 Å². The Bertz CT molecular complexity index is 958. The quantitative estimate of drug-likeness (QED) is 0.570. The van der Waals surface area contributed by atoms with E-state index < -0.39 is 6.04 Å². The van der Waals surface area contributed by atoms with Crippen molar-refractivity contribution in [3.8, 4) is 5.75 Å². The molecule has 5 nitrogen and oxygen atoms in total. The van der Waals surface area contributed by atoms with Gasteiger partial charge in [-0.05, 0) is 62.8 Å². The summed E-state index contributed by atoms with van der Waals surface area (Å²) < 4.78 is 6.70. The number of para-hydroxylation sites is 1. The number of benzene rings is 2. The van der Waals surface area contributed by atoms with Crippen LogP contribution >= 0.6 is 28.1 Å². The normalized spacial score (nSPS) is 16.3. The van der Waals surface area contributed by atoms with Crippen LogP contribution in [0.15, 0.2) is 58.2 Å². The van der Waals surface area contributed by atoms with Crippen molar-refractivity contribution < 1.29 is 9.53 Å². The van der Waals surface area contributed by atoms with Gasteiger partial charge in [0.15, 0.2) is 5.11 Å². The number of amides is 1. The number of halogens is 1. The number of anilines is 1. The van der Waals surface area contributed by atoms with Crippen LogP contribution in [0.4, 0.5) is 5.69 Å². The summed E-state index contributed by atoms with van der Waals surface area (Å²) >= 11 is 8.87. The maximum absolute atomic E-state index is 13.2. The third kappa shape index (κ3) is 4.36. The SMILES string of the molecule is CCOc1ccc(Br)cc1[C@@H]1NC(=S)NC(C)=C1C(=O)Nc1ccccc1C. The first-order valence-electron chi connectivity index (χ1n) is 8.98. The summed E-state index contributed by atoms with van der Waals surface area (Å²) in [7, 11) is 0. The third-order valence-corrected chi connectivity index (χ3v) is 5.20. The van der Waals surface area contributed by atoms with Gasteiger partial charge in [-0.2, -0.15) is 0 Å². The van der Waals surface area contributed by atoms with Gasteiger partial charge >= 0.3 is 0 Å². The van der Waals surface area contributed by atoms with Crippen LogP contribution in [0.5, 0.6) is 5.75 Å². The first-order chi connectivity index (χ1) is 13.4. The zero-order valence-corrected chi connectivity index (χ0v) is 18.3. The van der Waals surface area contributed by atoms with Gasteiger partial charge in [-0.15, -0.1) is 0 Å². The number of carbonyl (C=O) groups is 1. The van der Waals surface area contributed by atoms with E-state index >= 15 is 0 Å². The number of hydrogen-bond donors (Lipinski definition) is 3. The van der Waals surface area contributed by atoms with Gasteiger partial charge in [-0.25, -0.2) is 0 Å². The summed E-state index contributed by atoms with van der Waals surface area (Å²) in [6.45, 7) is 6.27. The number of carbonyl (C=O) groups excluding carboxylic acids is 1. The number of ether oxygens (including phenoxy) is 1. The van der Waals surface area contributed by atoms with Crippen LogP contribution in [0.1, 0.15) is 31.0 Å². The van der Waals surface area contributed by atoms with Crippen LogP contribution in [0.25, 0.3) is 0 Å². The highest BCUT2D eigenvalue weighted by molar-refractivity contribution is 9.10. The Morgan fingerprint density at radius 2 is 2.00 bits per heavy atom. The maximum atomic E-state index is 13.2. The summed E-state index contributed by atoms with van der Waals surface area (Å²) in [4.78, 5) is 13.2. The molecule has 0 saturated heterocycles. The Morgan fingerprint density at radius 3 is 2.71 bits per heavy atom. The molecule has 1 aliphatic rings. The lowest BCUT2D eigenvalue weighted by Crippen LogP contribution is -2.45. The standard InChI is InChI=1S/C21H22BrN3O2S/c1-4-27-17-10-9-14(22)11-15(17)19-18(13(3)23-21(28)25-19)20(26)24-16-8-6-5-7-12(16)2/h5-11,19H,4H2,1-3H3,(H,24,26)(H2,23,25,28)/t19-/m0/s1. The minimum atomic E-state index is -0.434. The molecule has 28 heavy (non-hydrogen) atoms. The Balaban J connectivity index is 2.03. The van der Waals surface area contributed by atoms with Crippen molar-refractivity contribution in [1.82, 2.24) is 10.6 Å². The third-order valence-electron chi connectivity index (χ3n) is 4.49. The lowest BCUT2D eigenvalue weighted by molar-refractivity contribution is -0.113. The number of aryl methyl sites for hydroxylation is 1. The molecule has 2 aromatic carbocycles. The van der Waals surface area contributed by atoms with Crippen molar-refractivity contribution in [3.63, 3.8) is 0 Å². The van der Waals surface area contributed by atoms with E-state index in [9.17, 15) is 4.79 Å². The van der Waals surface area contributed by atoms with Gasteiger partial charge in [0.05, 0.1) is 18.2 Å². The minimum absolute atomic E-state index is 0.193. The molecule has 1 aliphatic heterocycles. The van der Waals surface area contributed by atoms with Gasteiger partial charge < -0.3 is 20.7 Å². The van der Waals surface area contributed by atoms with Crippen molar-refractivity contribution >= 4 is 44.9 Å². The first-order valence-corrected chi connectivity index (χ1v) is 10.2. The molecular weight excluding hydrogens is 438 g/mol. The maximum Gasteiger partial charge on any atom is 0.255 e. The molecule has 2 aromatic rings. The van der Waals surface area contributed by atoms with Gasteiger partial charge in [0.25, 0.3) is 5.91 Å². The largest absolute Gasteiger partial charge is 0.494 e. The van der Waals surface area contributed by atoms with Crippen LogP contribution in [0.2, 0.25) is 0 Å². The number of rotatable bonds is 5. The van der Waals surface area contributed by atoms with Gasteiger partial charge in [-0.1, -0.05) is 34.1 Å². The molecule has 0 spiro atoms. The van der Waals surface area contributed by atoms with E-state index in [0.717, 1.165) is 21.3 Å². The average molecular weight is 460 g/mol. The molecule has 1 amide bonds. The molecule has 0 aromatic heterocycles. The average Bonchev–Trinajstić information content (AvgIpc) is 2.64. The predicted molar refractivity (Wildman–Crippen MR) is 119 cm³/mol. The molecule has 1 heterocycles. The first kappa shape index (κ1) is 20.4. The second-order valence-electron chi connectivity index (χ2n) is 6.45. The highest BCUT2D eigenvalue weighted by Gasteiger charge is 2.32. The minimum Gasteiger partial charge on any atom is -0.494 e. The van der Waals surface area contributed by atoms with E-state index in [0.29, 0.717) is 28.7 Å². The topological polar surface area (TPSA) is 62.4 Å². The van der Waals surface area contributed by atoms with E-state index in [2.05, 4.69) is 31.9 Å². The zero-order chi connectivity index (χ0) is 20.3. The number of allylic oxidation sites excluding steroid dienone is 1. The Morgan fingerprint density at radius 1 is 1.25 bits per heavy atom. The van der Waals surface area contributed by atoms with Crippen molar-refractivity contribution in [2.24, 2.45) is 0 Å². The molecule has 3 rings (SSSR count). The fraction of sp³-hybridized carbons (Fsp3) is 0.238. The smallest absolute Gasteiger partial charge is 0.255 e. The second kappa shape index (κ2) is 8.75. The zero-order valence-electron chi connectivity index (χ0n) is 15.9. The van der Waals surface area contributed by atoms with Crippen LogP contribution in [-0.4, -0.2) is 17.6 Å². The second-order valence-corrected chi connectivity index (χ2v) is 7.78. The molecule has 0 fully saturated rings. The number of thiocarbonyl (C=S) groups is 1. The Kier molecular flexibility index (Phi) is 6.36. The predicted octanol–water partition coefficient (Wildman–Crippen LogP) is 4.59. The molecule has 1 atom stereocenters. The monoisotopic (exact) mass is 459 g/mol. The fourth-order valence-electron chi connectivity index (χ4n) is 3.16.